The van der Waals surface area contributed by atoms with Crippen LogP contribution < -0.4 is 0 Å². The maximum atomic E-state index is 11.2. The smallest absolute Gasteiger partial charge is 0.130 e. The van der Waals surface area contributed by atoms with E-state index < -0.39 is 0 Å². The Kier molecular flexibility index (Phi) is 5.51. The largest absolute Gasteiger partial charge is 0.377 e. The number of ether oxygens (including phenoxy) is 1. The van der Waals surface area contributed by atoms with Gasteiger partial charge in [-0.1, -0.05) is 18.2 Å². The third-order valence-corrected chi connectivity index (χ3v) is 3.44. The maximum Gasteiger partial charge on any atom is 0.130 e. The molecule has 1 aliphatic rings. The van der Waals surface area contributed by atoms with E-state index in [4.69, 9.17) is 4.74 Å². The Balaban J connectivity index is 1.98. The molecule has 1 unspecified atom stereocenters. The second-order valence-electron chi connectivity index (χ2n) is 5.84. The second kappa shape index (κ2) is 7.36. The van der Waals surface area contributed by atoms with Gasteiger partial charge in [0.2, 0.25) is 0 Å². The Bertz CT molecular complexity index is 541. The molecule has 4 nitrogen and oxygen atoms in total. The zero-order chi connectivity index (χ0) is 15.2. The fourth-order valence-electron chi connectivity index (χ4n) is 2.47. The van der Waals surface area contributed by atoms with Gasteiger partial charge in [-0.3, -0.25) is 4.68 Å². The van der Waals surface area contributed by atoms with Crippen molar-refractivity contribution in [2.24, 2.45) is 5.92 Å². The van der Waals surface area contributed by atoms with Crippen LogP contribution in [-0.2, 0) is 16.1 Å². The van der Waals surface area contributed by atoms with Crippen molar-refractivity contribution in [1.29, 1.82) is 0 Å². The number of rotatable bonds is 7. The van der Waals surface area contributed by atoms with E-state index in [-0.39, 0.29) is 11.9 Å². The number of ketones is 1. The molecule has 0 spiro atoms. The molecule has 0 fully saturated rings. The van der Waals surface area contributed by atoms with Gasteiger partial charge in [-0.15, -0.1) is 0 Å². The monoisotopic (exact) mass is 288 g/mol. The van der Waals surface area contributed by atoms with Crippen molar-refractivity contribution in [3.63, 3.8) is 0 Å². The molecule has 0 amide bonds. The van der Waals surface area contributed by atoms with E-state index >= 15 is 0 Å². The van der Waals surface area contributed by atoms with Crippen molar-refractivity contribution < 1.29 is 9.53 Å². The number of Topliss-reactive ketones (excluding diaryl/α,β-unsaturated/α-hetero) is 1. The third-order valence-electron chi connectivity index (χ3n) is 3.44. The highest BCUT2D eigenvalue weighted by Gasteiger charge is 2.13. The van der Waals surface area contributed by atoms with Crippen LogP contribution in [0, 0.1) is 5.92 Å². The summed E-state index contributed by atoms with van der Waals surface area (Å²) >= 11 is 0. The summed E-state index contributed by atoms with van der Waals surface area (Å²) in [6.45, 7) is 7.13. The molecule has 0 aromatic carbocycles. The van der Waals surface area contributed by atoms with Gasteiger partial charge in [0.1, 0.15) is 5.78 Å². The van der Waals surface area contributed by atoms with E-state index in [0.29, 0.717) is 18.9 Å². The molecular formula is C17H24N2O2. The van der Waals surface area contributed by atoms with Gasteiger partial charge in [-0.2, -0.15) is 5.10 Å². The lowest BCUT2D eigenvalue weighted by Gasteiger charge is -2.14. The first-order chi connectivity index (χ1) is 10.0. The molecule has 114 valence electrons. The minimum Gasteiger partial charge on any atom is -0.377 e. The standard InChI is InChI=1S/C17H24N2O2/c1-13(2)21-8-7-19-12-17(11-18-19)16-6-4-5-15(10-16)9-14(3)20/h4,6,10-13,15H,5,7-9H2,1-3H3. The molecule has 1 atom stereocenters. The van der Waals surface area contributed by atoms with Crippen molar-refractivity contribution in [2.75, 3.05) is 6.61 Å². The fourth-order valence-corrected chi connectivity index (χ4v) is 2.47. The van der Waals surface area contributed by atoms with Gasteiger partial charge in [0.25, 0.3) is 0 Å². The highest BCUT2D eigenvalue weighted by atomic mass is 16.5. The molecule has 2 rings (SSSR count). The van der Waals surface area contributed by atoms with Gasteiger partial charge in [-0.25, -0.2) is 0 Å². The highest BCUT2D eigenvalue weighted by molar-refractivity contribution is 5.78. The Morgan fingerprint density at radius 1 is 1.52 bits per heavy atom. The van der Waals surface area contributed by atoms with Crippen LogP contribution in [0.1, 0.15) is 39.2 Å². The molecular weight excluding hydrogens is 264 g/mol. The van der Waals surface area contributed by atoms with Crippen molar-refractivity contribution in [3.05, 3.63) is 36.2 Å². The Hall–Kier alpha value is -1.68. The molecule has 0 bridgehead atoms. The van der Waals surface area contributed by atoms with Crippen LogP contribution in [0.4, 0.5) is 0 Å². The van der Waals surface area contributed by atoms with Crippen LogP contribution in [-0.4, -0.2) is 28.3 Å². The Morgan fingerprint density at radius 3 is 3.05 bits per heavy atom. The van der Waals surface area contributed by atoms with Gasteiger partial charge < -0.3 is 9.53 Å². The number of allylic oxidation sites excluding steroid dienone is 4. The van der Waals surface area contributed by atoms with Crippen LogP contribution in [0.3, 0.4) is 0 Å². The van der Waals surface area contributed by atoms with Crippen molar-refractivity contribution in [2.45, 2.75) is 46.3 Å². The van der Waals surface area contributed by atoms with Crippen LogP contribution in [0.2, 0.25) is 0 Å². The van der Waals surface area contributed by atoms with Gasteiger partial charge in [0.15, 0.2) is 0 Å². The summed E-state index contributed by atoms with van der Waals surface area (Å²) in [7, 11) is 0. The van der Waals surface area contributed by atoms with Crippen molar-refractivity contribution in [3.8, 4) is 0 Å². The lowest BCUT2D eigenvalue weighted by atomic mass is 9.90. The minimum absolute atomic E-state index is 0.243. The number of nitrogens with zero attached hydrogens (tertiary/aromatic N) is 2. The quantitative estimate of drug-likeness (QED) is 0.773. The van der Waals surface area contributed by atoms with Gasteiger partial charge >= 0.3 is 0 Å². The van der Waals surface area contributed by atoms with E-state index in [1.165, 1.54) is 0 Å². The summed E-state index contributed by atoms with van der Waals surface area (Å²) in [6, 6.07) is 0. The summed E-state index contributed by atoms with van der Waals surface area (Å²) in [4.78, 5) is 11.2. The summed E-state index contributed by atoms with van der Waals surface area (Å²) in [5.41, 5.74) is 2.26. The normalized spacial score (nSPS) is 18.1. The van der Waals surface area contributed by atoms with E-state index in [1.807, 2.05) is 30.9 Å². The lowest BCUT2D eigenvalue weighted by Crippen LogP contribution is -2.10. The summed E-state index contributed by atoms with van der Waals surface area (Å²) in [6.07, 6.45) is 12.2. The molecule has 1 heterocycles. The second-order valence-corrected chi connectivity index (χ2v) is 5.84. The first-order valence-electron chi connectivity index (χ1n) is 7.57. The van der Waals surface area contributed by atoms with E-state index in [9.17, 15) is 4.79 Å². The van der Waals surface area contributed by atoms with Crippen LogP contribution in [0.15, 0.2) is 30.6 Å². The number of hydrogen-bond donors (Lipinski definition) is 0. The van der Waals surface area contributed by atoms with E-state index in [2.05, 4.69) is 23.3 Å². The first-order valence-corrected chi connectivity index (χ1v) is 7.57. The van der Waals surface area contributed by atoms with Gasteiger partial charge in [-0.05, 0) is 38.7 Å². The lowest BCUT2D eigenvalue weighted by molar-refractivity contribution is -0.117. The average molecular weight is 288 g/mol. The number of carbonyl (C=O) groups is 1. The molecule has 0 saturated carbocycles. The molecule has 1 aromatic heterocycles. The molecule has 0 saturated heterocycles. The van der Waals surface area contributed by atoms with Crippen molar-refractivity contribution in [1.82, 2.24) is 9.78 Å². The molecule has 1 aromatic rings. The molecule has 4 heteroatoms. The molecule has 0 radical (unpaired) electrons. The average Bonchev–Trinajstić information content (AvgIpc) is 2.86. The van der Waals surface area contributed by atoms with E-state index in [1.54, 1.807) is 6.92 Å². The molecule has 0 aliphatic heterocycles. The number of carbonyl (C=O) groups excluding carboxylic acids is 1. The molecule has 1 aliphatic carbocycles. The molecule has 21 heavy (non-hydrogen) atoms. The Morgan fingerprint density at radius 2 is 2.33 bits per heavy atom. The third kappa shape index (κ3) is 4.97. The molecule has 0 N–H and O–H groups in total. The predicted molar refractivity (Wildman–Crippen MR) is 83.8 cm³/mol. The topological polar surface area (TPSA) is 44.1 Å². The van der Waals surface area contributed by atoms with Crippen LogP contribution in [0.5, 0.6) is 0 Å². The number of hydrogen-bond acceptors (Lipinski definition) is 3. The summed E-state index contributed by atoms with van der Waals surface area (Å²) < 4.78 is 7.44. The first kappa shape index (κ1) is 15.7. The van der Waals surface area contributed by atoms with Crippen LogP contribution >= 0.6 is 0 Å². The van der Waals surface area contributed by atoms with Crippen molar-refractivity contribution >= 4 is 11.4 Å². The van der Waals surface area contributed by atoms with Gasteiger partial charge in [0.05, 0.1) is 25.5 Å². The zero-order valence-corrected chi connectivity index (χ0v) is 13.1. The SMILES string of the molecule is CC(=O)CC1C=C(c2cnn(CCOC(C)C)c2)C=CC1. The summed E-state index contributed by atoms with van der Waals surface area (Å²) in [5, 5.41) is 4.37. The highest BCUT2D eigenvalue weighted by Crippen LogP contribution is 2.26. The van der Waals surface area contributed by atoms with Gasteiger partial charge in [0, 0.05) is 18.2 Å². The van der Waals surface area contributed by atoms with Crippen LogP contribution in [0.25, 0.3) is 5.57 Å². The zero-order valence-electron chi connectivity index (χ0n) is 13.1. The minimum atomic E-state index is 0.243. The predicted octanol–water partition coefficient (Wildman–Crippen LogP) is 3.25. The maximum absolute atomic E-state index is 11.2. The number of aromatic nitrogens is 2. The Labute approximate surface area is 126 Å². The fraction of sp³-hybridized carbons (Fsp3) is 0.529. The van der Waals surface area contributed by atoms with E-state index in [0.717, 1.165) is 24.1 Å². The summed E-state index contributed by atoms with van der Waals surface area (Å²) in [5.74, 6) is 0.558.